The summed E-state index contributed by atoms with van der Waals surface area (Å²) in [5.74, 6) is -1.38. The van der Waals surface area contributed by atoms with Gasteiger partial charge in [-0.2, -0.15) is 0 Å². The van der Waals surface area contributed by atoms with Gasteiger partial charge in [-0.3, -0.25) is 0 Å². The Morgan fingerprint density at radius 2 is 1.90 bits per heavy atom. The summed E-state index contributed by atoms with van der Waals surface area (Å²) in [6.07, 6.45) is 0. The number of aromatic carboxylic acids is 1. The van der Waals surface area contributed by atoms with E-state index in [1.54, 1.807) is 12.1 Å². The number of rotatable bonds is 4. The van der Waals surface area contributed by atoms with Crippen LogP contribution >= 0.6 is 23.2 Å². The minimum atomic E-state index is -1.21. The second kappa shape index (κ2) is 6.11. The third-order valence-electron chi connectivity index (χ3n) is 2.59. The molecule has 0 saturated carbocycles. The molecule has 0 saturated heterocycles. The van der Waals surface area contributed by atoms with E-state index in [0.717, 1.165) is 6.07 Å². The van der Waals surface area contributed by atoms with Crippen LogP contribution in [0.5, 0.6) is 5.75 Å². The predicted molar refractivity (Wildman–Crippen MR) is 74.2 cm³/mol. The van der Waals surface area contributed by atoms with Gasteiger partial charge in [-0.05, 0) is 24.3 Å². The maximum atomic E-state index is 13.0. The molecular formula is C14H9Cl2FO3. The molecule has 2 rings (SSSR count). The van der Waals surface area contributed by atoms with Crippen molar-refractivity contribution in [2.75, 3.05) is 0 Å². The van der Waals surface area contributed by atoms with E-state index in [-0.39, 0.29) is 12.2 Å². The highest BCUT2D eigenvalue weighted by molar-refractivity contribution is 6.42. The first-order chi connectivity index (χ1) is 9.47. The van der Waals surface area contributed by atoms with Crippen LogP contribution in [-0.2, 0) is 6.61 Å². The smallest absolute Gasteiger partial charge is 0.336 e. The molecule has 0 aliphatic rings. The molecule has 0 fully saturated rings. The fourth-order valence-electron chi connectivity index (χ4n) is 1.60. The van der Waals surface area contributed by atoms with Crippen molar-refractivity contribution in [2.24, 2.45) is 0 Å². The van der Waals surface area contributed by atoms with Crippen LogP contribution in [0.2, 0.25) is 10.0 Å². The molecule has 0 bridgehead atoms. The topological polar surface area (TPSA) is 46.5 Å². The summed E-state index contributed by atoms with van der Waals surface area (Å²) in [4.78, 5) is 11.0. The number of benzene rings is 2. The first-order valence-corrected chi connectivity index (χ1v) is 6.32. The number of hydrogen-bond acceptors (Lipinski definition) is 2. The summed E-state index contributed by atoms with van der Waals surface area (Å²) in [6.45, 7) is -0.0140. The monoisotopic (exact) mass is 314 g/mol. The van der Waals surface area contributed by atoms with Gasteiger partial charge in [0, 0.05) is 11.6 Å². The molecule has 3 nitrogen and oxygen atoms in total. The largest absolute Gasteiger partial charge is 0.489 e. The molecule has 2 aromatic rings. The molecule has 0 spiro atoms. The minimum Gasteiger partial charge on any atom is -0.489 e. The lowest BCUT2D eigenvalue weighted by atomic mass is 10.1. The highest BCUT2D eigenvalue weighted by atomic mass is 35.5. The van der Waals surface area contributed by atoms with E-state index in [0.29, 0.717) is 21.4 Å². The van der Waals surface area contributed by atoms with E-state index >= 15 is 0 Å². The normalized spacial score (nSPS) is 10.3. The number of ether oxygens (including phenoxy) is 1. The van der Waals surface area contributed by atoms with Gasteiger partial charge >= 0.3 is 5.97 Å². The van der Waals surface area contributed by atoms with Gasteiger partial charge in [0.2, 0.25) is 0 Å². The first-order valence-electron chi connectivity index (χ1n) is 5.57. The minimum absolute atomic E-state index is 0.0140. The molecule has 0 amide bonds. The zero-order valence-electron chi connectivity index (χ0n) is 10.1. The Morgan fingerprint density at radius 3 is 2.55 bits per heavy atom. The fraction of sp³-hybridized carbons (Fsp3) is 0.0714. The third kappa shape index (κ3) is 3.40. The molecule has 0 unspecified atom stereocenters. The number of halogens is 3. The van der Waals surface area contributed by atoms with Gasteiger partial charge in [0.15, 0.2) is 0 Å². The van der Waals surface area contributed by atoms with Crippen LogP contribution in [0.15, 0.2) is 36.4 Å². The molecule has 1 N–H and O–H groups in total. The Balaban J connectivity index is 2.18. The van der Waals surface area contributed by atoms with Crippen LogP contribution in [0, 0.1) is 5.82 Å². The summed E-state index contributed by atoms with van der Waals surface area (Å²) >= 11 is 11.6. The van der Waals surface area contributed by atoms with Crippen LogP contribution in [-0.4, -0.2) is 11.1 Å². The maximum Gasteiger partial charge on any atom is 0.336 e. The van der Waals surface area contributed by atoms with Gasteiger partial charge in [0.25, 0.3) is 0 Å². The van der Waals surface area contributed by atoms with Crippen LogP contribution in [0.25, 0.3) is 0 Å². The lowest BCUT2D eigenvalue weighted by Gasteiger charge is -2.09. The highest BCUT2D eigenvalue weighted by Crippen LogP contribution is 2.27. The maximum absolute atomic E-state index is 13.0. The Kier molecular flexibility index (Phi) is 4.47. The Bertz CT molecular complexity index is 659. The SMILES string of the molecule is O=C(O)c1cc(F)ccc1COc1ccc(Cl)c(Cl)c1. The molecule has 0 aromatic heterocycles. The van der Waals surface area contributed by atoms with E-state index in [1.807, 2.05) is 0 Å². The second-order valence-electron chi connectivity index (χ2n) is 3.97. The number of hydrogen-bond donors (Lipinski definition) is 1. The van der Waals surface area contributed by atoms with Crippen LogP contribution < -0.4 is 4.74 Å². The van der Waals surface area contributed by atoms with E-state index in [1.165, 1.54) is 18.2 Å². The average molecular weight is 315 g/mol. The number of carboxylic acid groups (broad SMARTS) is 1. The molecule has 0 aliphatic carbocycles. The van der Waals surface area contributed by atoms with Crippen molar-refractivity contribution in [1.29, 1.82) is 0 Å². The predicted octanol–water partition coefficient (Wildman–Crippen LogP) is 4.41. The molecule has 0 atom stereocenters. The van der Waals surface area contributed by atoms with Crippen molar-refractivity contribution in [3.63, 3.8) is 0 Å². The van der Waals surface area contributed by atoms with Crippen molar-refractivity contribution >= 4 is 29.2 Å². The van der Waals surface area contributed by atoms with Crippen molar-refractivity contribution in [2.45, 2.75) is 6.61 Å². The van der Waals surface area contributed by atoms with E-state index in [4.69, 9.17) is 33.0 Å². The highest BCUT2D eigenvalue weighted by Gasteiger charge is 2.12. The van der Waals surface area contributed by atoms with Gasteiger partial charge in [-0.15, -0.1) is 0 Å². The molecule has 104 valence electrons. The van der Waals surface area contributed by atoms with Crippen LogP contribution in [0.1, 0.15) is 15.9 Å². The lowest BCUT2D eigenvalue weighted by Crippen LogP contribution is -2.06. The fourth-order valence-corrected chi connectivity index (χ4v) is 1.89. The summed E-state index contributed by atoms with van der Waals surface area (Å²) in [6, 6.07) is 8.21. The summed E-state index contributed by atoms with van der Waals surface area (Å²) in [5, 5.41) is 9.74. The molecule has 6 heteroatoms. The summed E-state index contributed by atoms with van der Waals surface area (Å²) in [7, 11) is 0. The molecular weight excluding hydrogens is 306 g/mol. The number of carbonyl (C=O) groups is 1. The molecule has 0 radical (unpaired) electrons. The van der Waals surface area contributed by atoms with Gasteiger partial charge in [-0.1, -0.05) is 29.3 Å². The molecule has 0 heterocycles. The Morgan fingerprint density at radius 1 is 1.15 bits per heavy atom. The van der Waals surface area contributed by atoms with Crippen LogP contribution in [0.4, 0.5) is 4.39 Å². The lowest BCUT2D eigenvalue weighted by molar-refractivity contribution is 0.0693. The standard InChI is InChI=1S/C14H9Cl2FO3/c15-12-4-3-10(6-13(12)16)20-7-8-1-2-9(17)5-11(8)14(18)19/h1-6H,7H2,(H,18,19). The van der Waals surface area contributed by atoms with Crippen molar-refractivity contribution < 1.29 is 19.0 Å². The Hall–Kier alpha value is -1.78. The van der Waals surface area contributed by atoms with Crippen molar-refractivity contribution in [3.05, 3.63) is 63.4 Å². The first kappa shape index (κ1) is 14.6. The van der Waals surface area contributed by atoms with Gasteiger partial charge in [0.1, 0.15) is 18.2 Å². The van der Waals surface area contributed by atoms with Crippen molar-refractivity contribution in [1.82, 2.24) is 0 Å². The summed E-state index contributed by atoms with van der Waals surface area (Å²) in [5.41, 5.74) is 0.232. The Labute approximate surface area is 124 Å². The van der Waals surface area contributed by atoms with Crippen molar-refractivity contribution in [3.8, 4) is 5.75 Å². The van der Waals surface area contributed by atoms with E-state index in [9.17, 15) is 9.18 Å². The van der Waals surface area contributed by atoms with Gasteiger partial charge in [-0.25, -0.2) is 9.18 Å². The zero-order chi connectivity index (χ0) is 14.7. The third-order valence-corrected chi connectivity index (χ3v) is 3.33. The van der Waals surface area contributed by atoms with Gasteiger partial charge in [0.05, 0.1) is 15.6 Å². The average Bonchev–Trinajstić information content (AvgIpc) is 2.41. The van der Waals surface area contributed by atoms with E-state index < -0.39 is 11.8 Å². The van der Waals surface area contributed by atoms with E-state index in [2.05, 4.69) is 0 Å². The zero-order valence-corrected chi connectivity index (χ0v) is 11.6. The van der Waals surface area contributed by atoms with Crippen LogP contribution in [0.3, 0.4) is 0 Å². The number of carboxylic acids is 1. The second-order valence-corrected chi connectivity index (χ2v) is 4.79. The molecule has 2 aromatic carbocycles. The van der Waals surface area contributed by atoms with Gasteiger partial charge < -0.3 is 9.84 Å². The quantitative estimate of drug-likeness (QED) is 0.909. The molecule has 0 aliphatic heterocycles. The summed E-state index contributed by atoms with van der Waals surface area (Å²) < 4.78 is 18.5. The molecule has 20 heavy (non-hydrogen) atoms.